The molecule has 0 bridgehead atoms. The zero-order chi connectivity index (χ0) is 20.7. The molecule has 30 heavy (non-hydrogen) atoms. The molecule has 1 N–H and O–H groups in total. The van der Waals surface area contributed by atoms with Crippen molar-refractivity contribution in [2.24, 2.45) is 5.92 Å². The number of sulfonamides is 1. The van der Waals surface area contributed by atoms with E-state index in [2.05, 4.69) is 34.1 Å². The predicted octanol–water partition coefficient (Wildman–Crippen LogP) is 2.58. The summed E-state index contributed by atoms with van der Waals surface area (Å²) in [4.78, 5) is 16.5. The Bertz CT molecular complexity index is 1230. The number of piperidine rings is 1. The maximum atomic E-state index is 13.2. The maximum Gasteiger partial charge on any atom is 0.417 e. The summed E-state index contributed by atoms with van der Waals surface area (Å²) in [6.45, 7) is 3.91. The molecular weight excluding hydrogens is 402 g/mol. The highest BCUT2D eigenvalue weighted by Gasteiger charge is 2.32. The Kier molecular flexibility index (Phi) is 5.00. The van der Waals surface area contributed by atoms with Crippen LogP contribution >= 0.6 is 0 Å². The summed E-state index contributed by atoms with van der Waals surface area (Å²) >= 11 is 0. The first-order valence-corrected chi connectivity index (χ1v) is 11.9. The molecule has 8 heteroatoms. The van der Waals surface area contributed by atoms with Crippen molar-refractivity contribution in [2.75, 3.05) is 26.2 Å². The summed E-state index contributed by atoms with van der Waals surface area (Å²) < 4.78 is 33.1. The van der Waals surface area contributed by atoms with Gasteiger partial charge in [-0.15, -0.1) is 0 Å². The number of H-pyrrole nitrogens is 1. The van der Waals surface area contributed by atoms with Crippen molar-refractivity contribution in [3.8, 4) is 0 Å². The van der Waals surface area contributed by atoms with Crippen LogP contribution in [0.1, 0.15) is 24.0 Å². The van der Waals surface area contributed by atoms with Crippen LogP contribution in [0.25, 0.3) is 11.1 Å². The first-order valence-electron chi connectivity index (χ1n) is 10.4. The molecule has 7 nitrogen and oxygen atoms in total. The van der Waals surface area contributed by atoms with Gasteiger partial charge in [0.1, 0.15) is 0 Å². The Morgan fingerprint density at radius 1 is 1.10 bits per heavy atom. The maximum absolute atomic E-state index is 13.2. The van der Waals surface area contributed by atoms with Crippen molar-refractivity contribution in [1.29, 1.82) is 0 Å². The van der Waals surface area contributed by atoms with E-state index < -0.39 is 15.8 Å². The molecule has 1 unspecified atom stereocenters. The minimum atomic E-state index is -3.63. The third-order valence-corrected chi connectivity index (χ3v) is 8.10. The molecule has 5 rings (SSSR count). The van der Waals surface area contributed by atoms with Crippen molar-refractivity contribution < 1.29 is 12.8 Å². The smallest absolute Gasteiger partial charge is 0.408 e. The molecular formula is C22H25N3O4S. The van der Waals surface area contributed by atoms with Crippen LogP contribution in [0.2, 0.25) is 0 Å². The van der Waals surface area contributed by atoms with E-state index in [0.717, 1.165) is 38.9 Å². The van der Waals surface area contributed by atoms with Crippen LogP contribution in [0, 0.1) is 5.92 Å². The number of hydrogen-bond donors (Lipinski definition) is 1. The summed E-state index contributed by atoms with van der Waals surface area (Å²) in [5.41, 5.74) is 3.57. The minimum absolute atomic E-state index is 0.172. The van der Waals surface area contributed by atoms with Crippen molar-refractivity contribution in [1.82, 2.24) is 14.2 Å². The van der Waals surface area contributed by atoms with Gasteiger partial charge in [-0.2, -0.15) is 4.31 Å². The molecule has 0 amide bonds. The van der Waals surface area contributed by atoms with E-state index in [9.17, 15) is 13.2 Å². The lowest BCUT2D eigenvalue weighted by Crippen LogP contribution is -2.44. The normalized spacial score (nSPS) is 21.0. The molecule has 0 aliphatic carbocycles. The summed E-state index contributed by atoms with van der Waals surface area (Å²) in [5.74, 6) is -0.270. The highest BCUT2D eigenvalue weighted by molar-refractivity contribution is 7.89. The number of aromatic amines is 1. The van der Waals surface area contributed by atoms with Crippen molar-refractivity contribution in [3.63, 3.8) is 0 Å². The first kappa shape index (κ1) is 19.5. The molecule has 1 aromatic heterocycles. The molecule has 3 heterocycles. The Labute approximate surface area is 175 Å². The van der Waals surface area contributed by atoms with Crippen LogP contribution in [0.3, 0.4) is 0 Å². The first-order chi connectivity index (χ1) is 14.5. The number of aromatic nitrogens is 1. The molecule has 1 saturated heterocycles. The van der Waals surface area contributed by atoms with Gasteiger partial charge >= 0.3 is 5.76 Å². The second-order valence-electron chi connectivity index (χ2n) is 8.30. The number of benzene rings is 2. The van der Waals surface area contributed by atoms with Crippen LogP contribution in [-0.2, 0) is 23.0 Å². The SMILES string of the molecule is O=c1[nH]c2ccc(S(=O)(=O)N3CCCC(CN4CCc5ccccc5C4)C3)cc2o1. The van der Waals surface area contributed by atoms with E-state index in [-0.39, 0.29) is 10.5 Å². The largest absolute Gasteiger partial charge is 0.417 e. The average molecular weight is 428 g/mol. The van der Waals surface area contributed by atoms with E-state index in [1.807, 2.05) is 0 Å². The fourth-order valence-electron chi connectivity index (χ4n) is 4.70. The molecule has 158 valence electrons. The molecule has 0 spiro atoms. The van der Waals surface area contributed by atoms with Crippen LogP contribution in [-0.4, -0.2) is 48.8 Å². The zero-order valence-corrected chi connectivity index (χ0v) is 17.5. The van der Waals surface area contributed by atoms with Gasteiger partial charge < -0.3 is 4.42 Å². The van der Waals surface area contributed by atoms with E-state index in [0.29, 0.717) is 24.5 Å². The van der Waals surface area contributed by atoms with Gasteiger partial charge in [-0.05, 0) is 48.4 Å². The highest BCUT2D eigenvalue weighted by atomic mass is 32.2. The molecule has 2 aliphatic heterocycles. The monoisotopic (exact) mass is 427 g/mol. The van der Waals surface area contributed by atoms with E-state index in [1.54, 1.807) is 10.4 Å². The molecule has 1 atom stereocenters. The molecule has 0 saturated carbocycles. The second-order valence-corrected chi connectivity index (χ2v) is 10.2. The van der Waals surface area contributed by atoms with Crippen molar-refractivity contribution >= 4 is 21.1 Å². The van der Waals surface area contributed by atoms with Gasteiger partial charge in [0.05, 0.1) is 10.4 Å². The van der Waals surface area contributed by atoms with E-state index in [1.165, 1.54) is 23.3 Å². The van der Waals surface area contributed by atoms with Gasteiger partial charge in [0.15, 0.2) is 5.58 Å². The van der Waals surface area contributed by atoms with Crippen LogP contribution in [0.4, 0.5) is 0 Å². The van der Waals surface area contributed by atoms with Crippen molar-refractivity contribution in [3.05, 3.63) is 64.1 Å². The summed E-state index contributed by atoms with van der Waals surface area (Å²) in [7, 11) is -3.63. The minimum Gasteiger partial charge on any atom is -0.408 e. The standard InChI is InChI=1S/C22H25N3O4S/c26-22-23-20-8-7-19(12-21(20)29-22)30(27,28)25-10-3-4-16(14-25)13-24-11-9-17-5-1-2-6-18(17)15-24/h1-2,5-8,12,16H,3-4,9-11,13-15H2,(H,23,26). The number of hydrogen-bond acceptors (Lipinski definition) is 5. The van der Waals surface area contributed by atoms with Crippen molar-refractivity contribution in [2.45, 2.75) is 30.7 Å². The Hall–Kier alpha value is -2.42. The van der Waals surface area contributed by atoms with Gasteiger partial charge in [0.2, 0.25) is 10.0 Å². The summed E-state index contributed by atoms with van der Waals surface area (Å²) in [6, 6.07) is 13.1. The fraction of sp³-hybridized carbons (Fsp3) is 0.409. The summed E-state index contributed by atoms with van der Waals surface area (Å²) in [5, 5.41) is 0. The van der Waals surface area contributed by atoms with Gasteiger partial charge in [-0.3, -0.25) is 9.88 Å². The summed E-state index contributed by atoms with van der Waals surface area (Å²) in [6.07, 6.45) is 2.94. The second kappa shape index (κ2) is 7.68. The highest BCUT2D eigenvalue weighted by Crippen LogP contribution is 2.27. The van der Waals surface area contributed by atoms with Gasteiger partial charge in [0.25, 0.3) is 0 Å². The van der Waals surface area contributed by atoms with Gasteiger partial charge in [-0.25, -0.2) is 13.2 Å². The zero-order valence-electron chi connectivity index (χ0n) is 16.7. The lowest BCUT2D eigenvalue weighted by atomic mass is 9.95. The molecule has 1 fully saturated rings. The predicted molar refractivity (Wildman–Crippen MR) is 114 cm³/mol. The van der Waals surface area contributed by atoms with E-state index >= 15 is 0 Å². The molecule has 2 aliphatic rings. The number of oxazole rings is 1. The Morgan fingerprint density at radius 3 is 2.80 bits per heavy atom. The molecule has 0 radical (unpaired) electrons. The van der Waals surface area contributed by atoms with Crippen LogP contribution in [0.5, 0.6) is 0 Å². The Balaban J connectivity index is 1.30. The van der Waals surface area contributed by atoms with E-state index in [4.69, 9.17) is 4.42 Å². The number of rotatable bonds is 4. The number of fused-ring (bicyclic) bond motifs is 2. The lowest BCUT2D eigenvalue weighted by Gasteiger charge is -2.36. The number of nitrogens with zero attached hydrogens (tertiary/aromatic N) is 2. The van der Waals surface area contributed by atoms with Crippen LogP contribution in [0.15, 0.2) is 56.6 Å². The number of nitrogens with one attached hydrogen (secondary N) is 1. The third kappa shape index (κ3) is 3.71. The van der Waals surface area contributed by atoms with Gasteiger partial charge in [0, 0.05) is 38.8 Å². The molecule has 2 aromatic carbocycles. The van der Waals surface area contributed by atoms with Crippen LogP contribution < -0.4 is 5.76 Å². The quantitative estimate of drug-likeness (QED) is 0.692. The lowest BCUT2D eigenvalue weighted by molar-refractivity contribution is 0.167. The Morgan fingerprint density at radius 2 is 1.93 bits per heavy atom. The topological polar surface area (TPSA) is 86.6 Å². The third-order valence-electron chi connectivity index (χ3n) is 6.24. The molecule has 3 aromatic rings. The average Bonchev–Trinajstić information content (AvgIpc) is 3.13. The van der Waals surface area contributed by atoms with Gasteiger partial charge in [-0.1, -0.05) is 24.3 Å². The fourth-order valence-corrected chi connectivity index (χ4v) is 6.28.